The second-order valence-electron chi connectivity index (χ2n) is 5.54. The minimum atomic E-state index is -0.225. The molecule has 1 N–H and O–H groups in total. The Labute approximate surface area is 121 Å². The fraction of sp³-hybridized carbons (Fsp3) is 0.562. The molecule has 0 saturated carbocycles. The molecule has 0 aromatic heterocycles. The fourth-order valence-corrected chi connectivity index (χ4v) is 2.63. The van der Waals surface area contributed by atoms with Crippen molar-refractivity contribution in [2.75, 3.05) is 26.7 Å². The van der Waals surface area contributed by atoms with E-state index in [1.807, 2.05) is 32.2 Å². The summed E-state index contributed by atoms with van der Waals surface area (Å²) in [6.45, 7) is 6.22. The number of nitrogens with one attached hydrogen (secondary N) is 1. The molecule has 2 rings (SSSR count). The van der Waals surface area contributed by atoms with Crippen LogP contribution in [-0.2, 0) is 9.53 Å². The van der Waals surface area contributed by atoms with Crippen molar-refractivity contribution >= 4 is 5.91 Å². The Balaban J connectivity index is 1.93. The minimum absolute atomic E-state index is 0.0641. The van der Waals surface area contributed by atoms with Crippen molar-refractivity contribution in [1.82, 2.24) is 10.2 Å². The second-order valence-corrected chi connectivity index (χ2v) is 5.54. The van der Waals surface area contributed by atoms with Gasteiger partial charge in [-0.3, -0.25) is 4.79 Å². The lowest BCUT2D eigenvalue weighted by Gasteiger charge is -2.33. The van der Waals surface area contributed by atoms with E-state index >= 15 is 0 Å². The lowest BCUT2D eigenvalue weighted by Crippen LogP contribution is -2.56. The highest BCUT2D eigenvalue weighted by atomic mass is 16.5. The van der Waals surface area contributed by atoms with Crippen LogP contribution in [0.2, 0.25) is 0 Å². The molecule has 1 unspecified atom stereocenters. The average Bonchev–Trinajstić information content (AvgIpc) is 2.48. The zero-order valence-electron chi connectivity index (χ0n) is 12.5. The molecule has 3 atom stereocenters. The van der Waals surface area contributed by atoms with Gasteiger partial charge in [-0.15, -0.1) is 0 Å². The third-order valence-electron chi connectivity index (χ3n) is 3.88. The molecule has 1 saturated heterocycles. The number of hydrogen-bond acceptors (Lipinski definition) is 3. The maximum atomic E-state index is 12.5. The van der Waals surface area contributed by atoms with Gasteiger partial charge in [0.05, 0.1) is 12.7 Å². The molecule has 1 aliphatic heterocycles. The summed E-state index contributed by atoms with van der Waals surface area (Å²) < 4.78 is 5.54. The van der Waals surface area contributed by atoms with Crippen molar-refractivity contribution in [3.05, 3.63) is 35.9 Å². The van der Waals surface area contributed by atoms with E-state index in [0.29, 0.717) is 19.1 Å². The van der Waals surface area contributed by atoms with Crippen molar-refractivity contribution in [1.29, 1.82) is 0 Å². The van der Waals surface area contributed by atoms with Gasteiger partial charge in [-0.25, -0.2) is 0 Å². The number of morpholine rings is 1. The van der Waals surface area contributed by atoms with Crippen LogP contribution in [0.3, 0.4) is 0 Å². The van der Waals surface area contributed by atoms with Gasteiger partial charge < -0.3 is 15.0 Å². The van der Waals surface area contributed by atoms with E-state index in [2.05, 4.69) is 24.4 Å². The monoisotopic (exact) mass is 276 g/mol. The standard InChI is InChI=1S/C16H24N2O2/c1-12(14-7-5-4-6-8-14)11-18(3)16(19)15-13(2)20-10-9-17-15/h4-8,12-13,15,17H,9-11H2,1-3H3/t12?,13-,15+/m1/s1. The molecule has 0 aliphatic carbocycles. The predicted octanol–water partition coefficient (Wildman–Crippen LogP) is 1.63. The topological polar surface area (TPSA) is 41.6 Å². The highest BCUT2D eigenvalue weighted by molar-refractivity contribution is 5.82. The van der Waals surface area contributed by atoms with Crippen LogP contribution in [0, 0.1) is 0 Å². The number of carbonyl (C=O) groups excluding carboxylic acids is 1. The Morgan fingerprint density at radius 3 is 2.80 bits per heavy atom. The van der Waals surface area contributed by atoms with Gasteiger partial charge in [0.2, 0.25) is 5.91 Å². The van der Waals surface area contributed by atoms with Crippen LogP contribution >= 0.6 is 0 Å². The van der Waals surface area contributed by atoms with Crippen LogP contribution in [0.1, 0.15) is 25.3 Å². The maximum Gasteiger partial charge on any atom is 0.242 e. The van der Waals surface area contributed by atoms with Gasteiger partial charge in [-0.1, -0.05) is 37.3 Å². The summed E-state index contributed by atoms with van der Waals surface area (Å²) >= 11 is 0. The molecule has 4 heteroatoms. The van der Waals surface area contributed by atoms with E-state index < -0.39 is 0 Å². The third kappa shape index (κ3) is 3.58. The Morgan fingerprint density at radius 2 is 2.15 bits per heavy atom. The van der Waals surface area contributed by atoms with Crippen LogP contribution in [0.4, 0.5) is 0 Å². The van der Waals surface area contributed by atoms with Crippen LogP contribution in [0.15, 0.2) is 30.3 Å². The fourth-order valence-electron chi connectivity index (χ4n) is 2.63. The molecule has 1 amide bonds. The summed E-state index contributed by atoms with van der Waals surface area (Å²) in [5, 5.41) is 3.25. The average molecular weight is 276 g/mol. The predicted molar refractivity (Wildman–Crippen MR) is 79.7 cm³/mol. The van der Waals surface area contributed by atoms with E-state index in [1.54, 1.807) is 4.90 Å². The molecule has 0 bridgehead atoms. The smallest absolute Gasteiger partial charge is 0.242 e. The van der Waals surface area contributed by atoms with Gasteiger partial charge >= 0.3 is 0 Å². The van der Waals surface area contributed by atoms with E-state index in [4.69, 9.17) is 4.74 Å². The molecular weight excluding hydrogens is 252 g/mol. The number of benzene rings is 1. The Morgan fingerprint density at radius 1 is 1.45 bits per heavy atom. The van der Waals surface area contributed by atoms with Gasteiger partial charge in [-0.05, 0) is 18.4 Å². The molecule has 0 spiro atoms. The van der Waals surface area contributed by atoms with Crippen LogP contribution in [0.5, 0.6) is 0 Å². The molecule has 20 heavy (non-hydrogen) atoms. The van der Waals surface area contributed by atoms with Crippen LogP contribution < -0.4 is 5.32 Å². The van der Waals surface area contributed by atoms with Crippen LogP contribution in [0.25, 0.3) is 0 Å². The molecule has 110 valence electrons. The highest BCUT2D eigenvalue weighted by Crippen LogP contribution is 2.16. The summed E-state index contributed by atoms with van der Waals surface area (Å²) in [6.07, 6.45) is -0.0641. The normalized spacial score (nSPS) is 24.1. The van der Waals surface area contributed by atoms with Crippen LogP contribution in [-0.4, -0.2) is 49.7 Å². The summed E-state index contributed by atoms with van der Waals surface area (Å²) in [5.41, 5.74) is 1.26. The number of ether oxygens (including phenoxy) is 1. The first-order chi connectivity index (χ1) is 9.59. The molecule has 1 heterocycles. The van der Waals surface area contributed by atoms with Gasteiger partial charge in [0, 0.05) is 20.1 Å². The van der Waals surface area contributed by atoms with E-state index in [9.17, 15) is 4.79 Å². The number of amides is 1. The van der Waals surface area contributed by atoms with Gasteiger partial charge in [0.1, 0.15) is 6.04 Å². The Hall–Kier alpha value is -1.39. The van der Waals surface area contributed by atoms with Crippen molar-refractivity contribution in [3.63, 3.8) is 0 Å². The lowest BCUT2D eigenvalue weighted by molar-refractivity contribution is -0.138. The number of rotatable bonds is 4. The third-order valence-corrected chi connectivity index (χ3v) is 3.88. The Kier molecular flexibility index (Phi) is 5.15. The lowest BCUT2D eigenvalue weighted by atomic mass is 10.0. The first-order valence-corrected chi connectivity index (χ1v) is 7.24. The Bertz CT molecular complexity index is 435. The van der Waals surface area contributed by atoms with Crippen molar-refractivity contribution in [2.45, 2.75) is 31.9 Å². The number of hydrogen-bond donors (Lipinski definition) is 1. The highest BCUT2D eigenvalue weighted by Gasteiger charge is 2.30. The van der Waals surface area contributed by atoms with Gasteiger partial charge in [0.15, 0.2) is 0 Å². The van der Waals surface area contributed by atoms with E-state index in [0.717, 1.165) is 6.54 Å². The van der Waals surface area contributed by atoms with E-state index in [1.165, 1.54) is 5.56 Å². The quantitative estimate of drug-likeness (QED) is 0.908. The number of carbonyl (C=O) groups is 1. The first kappa shape index (κ1) is 15.0. The summed E-state index contributed by atoms with van der Waals surface area (Å²) in [7, 11) is 1.87. The number of likely N-dealkylation sites (N-methyl/N-ethyl adjacent to an activating group) is 1. The molecule has 0 radical (unpaired) electrons. The van der Waals surface area contributed by atoms with Crippen molar-refractivity contribution < 1.29 is 9.53 Å². The molecule has 1 aromatic carbocycles. The summed E-state index contributed by atoms with van der Waals surface area (Å²) in [6, 6.07) is 10.1. The first-order valence-electron chi connectivity index (χ1n) is 7.24. The van der Waals surface area contributed by atoms with Crippen molar-refractivity contribution in [2.24, 2.45) is 0 Å². The molecule has 1 aliphatic rings. The van der Waals surface area contributed by atoms with Crippen molar-refractivity contribution in [3.8, 4) is 0 Å². The summed E-state index contributed by atoms with van der Waals surface area (Å²) in [5.74, 6) is 0.435. The molecule has 1 aromatic rings. The van der Waals surface area contributed by atoms with Gasteiger partial charge in [-0.2, -0.15) is 0 Å². The number of nitrogens with zero attached hydrogens (tertiary/aromatic N) is 1. The minimum Gasteiger partial charge on any atom is -0.375 e. The SMILES string of the molecule is CC(CN(C)C(=O)[C@H]1NCCO[C@@H]1C)c1ccccc1. The second kappa shape index (κ2) is 6.86. The van der Waals surface area contributed by atoms with E-state index in [-0.39, 0.29) is 18.1 Å². The zero-order valence-corrected chi connectivity index (χ0v) is 12.5. The largest absolute Gasteiger partial charge is 0.375 e. The van der Waals surface area contributed by atoms with Gasteiger partial charge in [0.25, 0.3) is 0 Å². The maximum absolute atomic E-state index is 12.5. The molecule has 1 fully saturated rings. The molecule has 4 nitrogen and oxygen atoms in total. The summed E-state index contributed by atoms with van der Waals surface area (Å²) in [4.78, 5) is 14.3. The zero-order chi connectivity index (χ0) is 14.5. The molecular formula is C16H24N2O2.